The molecule has 0 saturated carbocycles. The molecule has 2 aromatic rings. The van der Waals surface area contributed by atoms with E-state index >= 15 is 0 Å². The summed E-state index contributed by atoms with van der Waals surface area (Å²) in [7, 11) is 0. The molecule has 1 saturated heterocycles. The Kier molecular flexibility index (Phi) is 7.16. The number of benzene rings is 2. The van der Waals surface area contributed by atoms with Crippen LogP contribution in [-0.4, -0.2) is 64.0 Å². The summed E-state index contributed by atoms with van der Waals surface area (Å²) >= 11 is 0. The summed E-state index contributed by atoms with van der Waals surface area (Å²) in [6, 6.07) is 13.6. The van der Waals surface area contributed by atoms with Gasteiger partial charge in [-0.15, -0.1) is 0 Å². The zero-order valence-electron chi connectivity index (χ0n) is 16.2. The molecule has 0 aliphatic carbocycles. The Labute approximate surface area is 169 Å². The number of aliphatic hydroxyl groups is 3. The van der Waals surface area contributed by atoms with Crippen molar-refractivity contribution in [1.82, 2.24) is 4.90 Å². The van der Waals surface area contributed by atoms with Gasteiger partial charge in [0.15, 0.2) is 0 Å². The van der Waals surface area contributed by atoms with Crippen LogP contribution in [-0.2, 0) is 6.61 Å². The van der Waals surface area contributed by atoms with Gasteiger partial charge in [-0.2, -0.15) is 0 Å². The highest BCUT2D eigenvalue weighted by Gasteiger charge is 2.22. The van der Waals surface area contributed by atoms with E-state index in [1.807, 2.05) is 0 Å². The quantitative estimate of drug-likeness (QED) is 0.456. The highest BCUT2D eigenvalue weighted by atomic mass is 16.6. The first kappa shape index (κ1) is 21.2. The highest BCUT2D eigenvalue weighted by molar-refractivity contribution is 5.51. The van der Waals surface area contributed by atoms with Gasteiger partial charge in [-0.05, 0) is 23.3 Å². The average molecular weight is 401 g/mol. The smallest absolute Gasteiger partial charge is 0.269 e. The molecule has 0 amide bonds. The minimum absolute atomic E-state index is 0.0369. The molecule has 0 radical (unpaired) electrons. The lowest BCUT2D eigenvalue weighted by Gasteiger charge is -2.37. The fraction of sp³-hybridized carbons (Fsp3) is 0.429. The van der Waals surface area contributed by atoms with Crippen molar-refractivity contribution in [3.63, 3.8) is 0 Å². The molecule has 29 heavy (non-hydrogen) atoms. The summed E-state index contributed by atoms with van der Waals surface area (Å²) in [5.74, 6) is 0. The van der Waals surface area contributed by atoms with Crippen LogP contribution in [0.4, 0.5) is 11.4 Å². The molecule has 0 aromatic heterocycles. The summed E-state index contributed by atoms with van der Waals surface area (Å²) in [6.07, 6.45) is -1.14. The van der Waals surface area contributed by atoms with Crippen molar-refractivity contribution in [2.45, 2.75) is 25.2 Å². The Morgan fingerprint density at radius 1 is 0.966 bits per heavy atom. The van der Waals surface area contributed by atoms with Gasteiger partial charge in [-0.1, -0.05) is 24.3 Å². The summed E-state index contributed by atoms with van der Waals surface area (Å²) in [6.45, 7) is 3.54. The van der Waals surface area contributed by atoms with E-state index in [0.717, 1.165) is 43.0 Å². The van der Waals surface area contributed by atoms with Crippen LogP contribution in [0.15, 0.2) is 48.5 Å². The number of aliphatic hydroxyl groups excluding tert-OH is 3. The molecule has 2 aromatic carbocycles. The van der Waals surface area contributed by atoms with E-state index in [2.05, 4.69) is 9.80 Å². The number of β-amino-alcohol motifs (C(OH)–C–C–N with tert-alkyl or cyclic N) is 1. The molecular weight excluding hydrogens is 374 g/mol. The van der Waals surface area contributed by atoms with Gasteiger partial charge < -0.3 is 20.2 Å². The van der Waals surface area contributed by atoms with Crippen LogP contribution >= 0.6 is 0 Å². The summed E-state index contributed by atoms with van der Waals surface area (Å²) in [5, 5.41) is 40.6. The number of piperazine rings is 1. The molecule has 1 fully saturated rings. The highest BCUT2D eigenvalue weighted by Crippen LogP contribution is 2.22. The monoisotopic (exact) mass is 401 g/mol. The fourth-order valence-electron chi connectivity index (χ4n) is 3.59. The molecule has 0 bridgehead atoms. The van der Waals surface area contributed by atoms with Crippen LogP contribution in [0.2, 0.25) is 0 Å². The van der Waals surface area contributed by atoms with Crippen molar-refractivity contribution in [2.75, 3.05) is 37.6 Å². The number of rotatable bonds is 8. The van der Waals surface area contributed by atoms with Crippen molar-refractivity contribution in [1.29, 1.82) is 0 Å². The first-order valence-corrected chi connectivity index (χ1v) is 9.74. The molecule has 2 atom stereocenters. The number of nitro benzene ring substituents is 1. The van der Waals surface area contributed by atoms with E-state index < -0.39 is 17.1 Å². The number of anilines is 1. The number of non-ortho nitro benzene ring substituents is 1. The van der Waals surface area contributed by atoms with Crippen molar-refractivity contribution >= 4 is 11.4 Å². The third-order valence-electron chi connectivity index (χ3n) is 5.31. The van der Waals surface area contributed by atoms with Gasteiger partial charge in [-0.25, -0.2) is 0 Å². The zero-order valence-corrected chi connectivity index (χ0v) is 16.2. The first-order valence-electron chi connectivity index (χ1n) is 9.74. The van der Waals surface area contributed by atoms with Crippen LogP contribution in [0.25, 0.3) is 0 Å². The van der Waals surface area contributed by atoms with E-state index in [1.165, 1.54) is 12.1 Å². The Bertz CT molecular complexity index is 789. The van der Waals surface area contributed by atoms with Crippen LogP contribution < -0.4 is 4.90 Å². The minimum Gasteiger partial charge on any atom is -0.392 e. The normalized spacial score (nSPS) is 17.1. The maximum Gasteiger partial charge on any atom is 0.269 e. The van der Waals surface area contributed by atoms with Crippen LogP contribution in [0.3, 0.4) is 0 Å². The van der Waals surface area contributed by atoms with Gasteiger partial charge in [0.05, 0.1) is 23.7 Å². The second kappa shape index (κ2) is 9.80. The molecule has 8 nitrogen and oxygen atoms in total. The third kappa shape index (κ3) is 5.74. The lowest BCUT2D eigenvalue weighted by Crippen LogP contribution is -2.48. The Balaban J connectivity index is 1.45. The molecule has 1 aliphatic rings. The zero-order chi connectivity index (χ0) is 20.8. The van der Waals surface area contributed by atoms with Gasteiger partial charge in [0.25, 0.3) is 5.69 Å². The third-order valence-corrected chi connectivity index (χ3v) is 5.31. The number of nitro groups is 1. The molecule has 156 valence electrons. The summed E-state index contributed by atoms with van der Waals surface area (Å²) < 4.78 is 0. The van der Waals surface area contributed by atoms with Gasteiger partial charge in [-0.3, -0.25) is 15.0 Å². The van der Waals surface area contributed by atoms with E-state index in [0.29, 0.717) is 6.54 Å². The Morgan fingerprint density at radius 2 is 1.59 bits per heavy atom. The summed E-state index contributed by atoms with van der Waals surface area (Å²) in [5.41, 5.74) is 2.55. The lowest BCUT2D eigenvalue weighted by atomic mass is 10.0. The number of hydrogen-bond donors (Lipinski definition) is 3. The van der Waals surface area contributed by atoms with Crippen molar-refractivity contribution in [3.8, 4) is 0 Å². The molecule has 8 heteroatoms. The topological polar surface area (TPSA) is 110 Å². The summed E-state index contributed by atoms with van der Waals surface area (Å²) in [4.78, 5) is 14.7. The van der Waals surface area contributed by atoms with Crippen LogP contribution in [0.5, 0.6) is 0 Å². The Hall–Kier alpha value is -2.52. The predicted molar refractivity (Wildman–Crippen MR) is 110 cm³/mol. The molecule has 0 unspecified atom stereocenters. The average Bonchev–Trinajstić information content (AvgIpc) is 2.74. The lowest BCUT2D eigenvalue weighted by molar-refractivity contribution is -0.384. The van der Waals surface area contributed by atoms with Crippen molar-refractivity contribution in [3.05, 3.63) is 69.8 Å². The van der Waals surface area contributed by atoms with E-state index in [9.17, 15) is 20.3 Å². The molecule has 1 aliphatic heterocycles. The van der Waals surface area contributed by atoms with Crippen molar-refractivity contribution in [2.24, 2.45) is 0 Å². The van der Waals surface area contributed by atoms with Gasteiger partial charge in [0.1, 0.15) is 0 Å². The molecule has 0 spiro atoms. The standard InChI is InChI=1S/C21H27N3O5/c25-15-16-1-3-17(4-2-16)21(27)13-20(26)14-22-9-11-23(12-10-22)18-5-7-19(8-6-18)24(28)29/h1-8,20-21,25-27H,9-15H2/t20-,21+/m1/s1. The molecule has 1 heterocycles. The maximum atomic E-state index is 10.8. The SMILES string of the molecule is O=[N+]([O-])c1ccc(N2CCN(C[C@H](O)C[C@H](O)c3ccc(CO)cc3)CC2)cc1. The predicted octanol–water partition coefficient (Wildman–Crippen LogP) is 1.69. The number of nitrogens with zero attached hydrogens (tertiary/aromatic N) is 3. The second-order valence-electron chi connectivity index (χ2n) is 7.37. The van der Waals surface area contributed by atoms with E-state index in [1.54, 1.807) is 36.4 Å². The first-order chi connectivity index (χ1) is 14.0. The van der Waals surface area contributed by atoms with Gasteiger partial charge in [0.2, 0.25) is 0 Å². The van der Waals surface area contributed by atoms with Crippen LogP contribution in [0, 0.1) is 10.1 Å². The van der Waals surface area contributed by atoms with Gasteiger partial charge in [0, 0.05) is 57.0 Å². The molecule has 3 N–H and O–H groups in total. The minimum atomic E-state index is -0.751. The van der Waals surface area contributed by atoms with Crippen LogP contribution in [0.1, 0.15) is 23.7 Å². The molecular formula is C21H27N3O5. The molecule has 3 rings (SSSR count). The fourth-order valence-corrected chi connectivity index (χ4v) is 3.59. The van der Waals surface area contributed by atoms with Crippen molar-refractivity contribution < 1.29 is 20.2 Å². The van der Waals surface area contributed by atoms with E-state index in [4.69, 9.17) is 5.11 Å². The number of hydrogen-bond acceptors (Lipinski definition) is 7. The van der Waals surface area contributed by atoms with Gasteiger partial charge >= 0.3 is 0 Å². The largest absolute Gasteiger partial charge is 0.392 e. The Morgan fingerprint density at radius 3 is 2.14 bits per heavy atom. The maximum absolute atomic E-state index is 10.8. The van der Waals surface area contributed by atoms with E-state index in [-0.39, 0.29) is 18.7 Å². The second-order valence-corrected chi connectivity index (χ2v) is 7.37.